The molecule has 0 aliphatic carbocycles. The maximum Gasteiger partial charge on any atom is 0.320 e. The number of fused-ring (bicyclic) bond motifs is 1. The van der Waals surface area contributed by atoms with Crippen LogP contribution in [-0.2, 0) is 13.6 Å². The van der Waals surface area contributed by atoms with E-state index in [0.29, 0.717) is 13.2 Å². The highest BCUT2D eigenvalue weighted by molar-refractivity contribution is 5.76. The summed E-state index contributed by atoms with van der Waals surface area (Å²) >= 11 is 0. The van der Waals surface area contributed by atoms with Crippen LogP contribution >= 0.6 is 0 Å². The van der Waals surface area contributed by atoms with Crippen LogP contribution in [0.5, 0.6) is 5.75 Å². The van der Waals surface area contributed by atoms with Crippen LogP contribution in [-0.4, -0.2) is 69.8 Å². The van der Waals surface area contributed by atoms with Gasteiger partial charge in [-0.2, -0.15) is 5.10 Å². The number of likely N-dealkylation sites (N-methyl/N-ethyl adjacent to an activating group) is 1. The molecule has 1 unspecified atom stereocenters. The first kappa shape index (κ1) is 20.6. The molecule has 1 fully saturated rings. The maximum absolute atomic E-state index is 13.7. The molecule has 32 heavy (non-hydrogen) atoms. The number of aromatic nitrogens is 2. The van der Waals surface area contributed by atoms with Crippen molar-refractivity contribution in [2.24, 2.45) is 7.05 Å². The number of hydrogen-bond acceptors (Lipinski definition) is 4. The number of para-hydroxylation sites is 1. The molecule has 3 heterocycles. The van der Waals surface area contributed by atoms with Crippen molar-refractivity contribution in [3.8, 4) is 5.75 Å². The number of benzene rings is 2. The second kappa shape index (κ2) is 8.67. The molecule has 0 spiro atoms. The second-order valence-corrected chi connectivity index (χ2v) is 8.60. The zero-order chi connectivity index (χ0) is 22.1. The van der Waals surface area contributed by atoms with Crippen molar-refractivity contribution in [1.82, 2.24) is 24.5 Å². The van der Waals surface area contributed by atoms with E-state index in [1.807, 2.05) is 67.4 Å². The molecule has 0 radical (unpaired) electrons. The second-order valence-electron chi connectivity index (χ2n) is 8.60. The van der Waals surface area contributed by atoms with Crippen LogP contribution in [0.2, 0.25) is 0 Å². The fourth-order valence-corrected chi connectivity index (χ4v) is 4.66. The molecule has 0 N–H and O–H groups in total. The van der Waals surface area contributed by atoms with Gasteiger partial charge in [0.15, 0.2) is 0 Å². The normalized spacial score (nSPS) is 20.1. The molecular weight excluding hydrogens is 402 g/mol. The van der Waals surface area contributed by atoms with Crippen molar-refractivity contribution in [2.45, 2.75) is 18.6 Å². The highest BCUT2D eigenvalue weighted by Gasteiger charge is 2.42. The lowest BCUT2D eigenvalue weighted by atomic mass is 9.93. The van der Waals surface area contributed by atoms with Crippen molar-refractivity contribution < 1.29 is 9.53 Å². The third kappa shape index (κ3) is 3.84. The minimum absolute atomic E-state index is 0.0457. The molecule has 1 saturated heterocycles. The van der Waals surface area contributed by atoms with E-state index in [-0.39, 0.29) is 18.1 Å². The van der Waals surface area contributed by atoms with Crippen molar-refractivity contribution in [1.29, 1.82) is 0 Å². The average molecular weight is 432 g/mol. The summed E-state index contributed by atoms with van der Waals surface area (Å²) < 4.78 is 8.03. The van der Waals surface area contributed by atoms with Crippen molar-refractivity contribution >= 4 is 6.03 Å². The number of hydrogen-bond donors (Lipinski definition) is 0. The summed E-state index contributed by atoms with van der Waals surface area (Å²) in [5, 5.41) is 4.27. The standard InChI is InChI=1S/C25H29N5O2/c1-27-14-15-32-23-11-7-6-10-22(23)24(19-8-4-3-5-9-19)30(25(27)31)21-17-29(18-21)16-20-12-13-26-28(20)2/h3-13,21,24H,14-18H2,1-2H3. The zero-order valence-corrected chi connectivity index (χ0v) is 18.6. The van der Waals surface area contributed by atoms with Gasteiger partial charge in [0.1, 0.15) is 12.4 Å². The predicted molar refractivity (Wildman–Crippen MR) is 122 cm³/mol. The van der Waals surface area contributed by atoms with Gasteiger partial charge in [-0.05, 0) is 17.7 Å². The van der Waals surface area contributed by atoms with Gasteiger partial charge >= 0.3 is 6.03 Å². The summed E-state index contributed by atoms with van der Waals surface area (Å²) in [4.78, 5) is 19.9. The van der Waals surface area contributed by atoms with Gasteiger partial charge in [0, 0.05) is 45.5 Å². The van der Waals surface area contributed by atoms with E-state index < -0.39 is 0 Å². The van der Waals surface area contributed by atoms with Gasteiger partial charge in [-0.1, -0.05) is 48.5 Å². The summed E-state index contributed by atoms with van der Waals surface area (Å²) in [6.45, 7) is 3.53. The lowest BCUT2D eigenvalue weighted by Crippen LogP contribution is -2.63. The van der Waals surface area contributed by atoms with Gasteiger partial charge in [-0.25, -0.2) is 4.79 Å². The Morgan fingerprint density at radius 3 is 2.50 bits per heavy atom. The Morgan fingerprint density at radius 1 is 1.00 bits per heavy atom. The summed E-state index contributed by atoms with van der Waals surface area (Å²) in [6.07, 6.45) is 1.83. The molecule has 1 atom stereocenters. The highest BCUT2D eigenvalue weighted by atomic mass is 16.5. The Bertz CT molecular complexity index is 1080. The van der Waals surface area contributed by atoms with Crippen LogP contribution in [0.1, 0.15) is 22.9 Å². The molecule has 5 rings (SSSR count). The first-order chi connectivity index (χ1) is 15.6. The summed E-state index contributed by atoms with van der Waals surface area (Å²) in [5.41, 5.74) is 3.31. The zero-order valence-electron chi connectivity index (χ0n) is 18.6. The number of aryl methyl sites for hydroxylation is 1. The molecule has 7 heteroatoms. The Morgan fingerprint density at radius 2 is 1.75 bits per heavy atom. The third-order valence-electron chi connectivity index (χ3n) is 6.48. The quantitative estimate of drug-likeness (QED) is 0.637. The number of ether oxygens (including phenoxy) is 1. The molecule has 0 bridgehead atoms. The molecule has 2 aromatic carbocycles. The topological polar surface area (TPSA) is 53.8 Å². The fourth-order valence-electron chi connectivity index (χ4n) is 4.66. The van der Waals surface area contributed by atoms with Crippen LogP contribution in [0.3, 0.4) is 0 Å². The monoisotopic (exact) mass is 431 g/mol. The largest absolute Gasteiger partial charge is 0.491 e. The van der Waals surface area contributed by atoms with Crippen LogP contribution in [0.4, 0.5) is 4.79 Å². The number of likely N-dealkylation sites (tertiary alicyclic amines) is 1. The van der Waals surface area contributed by atoms with Crippen molar-refractivity contribution in [2.75, 3.05) is 33.3 Å². The summed E-state index contributed by atoms with van der Waals surface area (Å²) in [5.74, 6) is 0.848. The Labute approximate surface area is 188 Å². The van der Waals surface area contributed by atoms with E-state index in [2.05, 4.69) is 33.1 Å². The van der Waals surface area contributed by atoms with E-state index in [1.165, 1.54) is 5.69 Å². The van der Waals surface area contributed by atoms with Crippen LogP contribution in [0.15, 0.2) is 66.9 Å². The Balaban J connectivity index is 1.50. The highest BCUT2D eigenvalue weighted by Crippen LogP contribution is 2.39. The molecule has 1 aromatic heterocycles. The lowest BCUT2D eigenvalue weighted by molar-refractivity contribution is 0.0243. The number of rotatable bonds is 4. The Kier molecular flexibility index (Phi) is 5.57. The molecule has 3 aromatic rings. The predicted octanol–water partition coefficient (Wildman–Crippen LogP) is 3.14. The van der Waals surface area contributed by atoms with E-state index in [0.717, 1.165) is 36.5 Å². The average Bonchev–Trinajstić information content (AvgIpc) is 3.20. The number of nitrogens with zero attached hydrogens (tertiary/aromatic N) is 5. The number of carbonyl (C=O) groups is 1. The smallest absolute Gasteiger partial charge is 0.320 e. The van der Waals surface area contributed by atoms with Crippen LogP contribution < -0.4 is 4.74 Å². The van der Waals surface area contributed by atoms with Gasteiger partial charge in [-0.3, -0.25) is 9.58 Å². The molecule has 2 aliphatic heterocycles. The van der Waals surface area contributed by atoms with E-state index in [9.17, 15) is 4.79 Å². The van der Waals surface area contributed by atoms with E-state index >= 15 is 0 Å². The van der Waals surface area contributed by atoms with Gasteiger partial charge < -0.3 is 14.5 Å². The molecule has 7 nitrogen and oxygen atoms in total. The van der Waals surface area contributed by atoms with Gasteiger partial charge in [0.25, 0.3) is 0 Å². The van der Waals surface area contributed by atoms with Gasteiger partial charge in [0.05, 0.1) is 24.3 Å². The minimum Gasteiger partial charge on any atom is -0.491 e. The van der Waals surface area contributed by atoms with E-state index in [1.54, 1.807) is 4.90 Å². The van der Waals surface area contributed by atoms with Crippen molar-refractivity contribution in [3.05, 3.63) is 83.7 Å². The Hall–Kier alpha value is -3.32. The lowest BCUT2D eigenvalue weighted by Gasteiger charge is -2.49. The molecule has 166 valence electrons. The van der Waals surface area contributed by atoms with Gasteiger partial charge in [-0.15, -0.1) is 0 Å². The van der Waals surface area contributed by atoms with E-state index in [4.69, 9.17) is 4.74 Å². The summed E-state index contributed by atoms with van der Waals surface area (Å²) in [7, 11) is 3.83. The molecule has 2 amide bonds. The molecule has 2 aliphatic rings. The molecule has 0 saturated carbocycles. The minimum atomic E-state index is -0.204. The number of amides is 2. The summed E-state index contributed by atoms with van der Waals surface area (Å²) in [6, 6.07) is 20.4. The number of urea groups is 1. The fraction of sp³-hybridized carbons (Fsp3) is 0.360. The third-order valence-corrected chi connectivity index (χ3v) is 6.48. The van der Waals surface area contributed by atoms with Crippen molar-refractivity contribution in [3.63, 3.8) is 0 Å². The number of carbonyl (C=O) groups excluding carboxylic acids is 1. The first-order valence-corrected chi connectivity index (χ1v) is 11.1. The first-order valence-electron chi connectivity index (χ1n) is 11.1. The van der Waals surface area contributed by atoms with Gasteiger partial charge in [0.2, 0.25) is 0 Å². The SMILES string of the molecule is CN1CCOc2ccccc2C(c2ccccc2)N(C2CN(Cc3ccnn3C)C2)C1=O. The molecular formula is C25H29N5O2. The van der Waals surface area contributed by atoms with Crippen LogP contribution in [0, 0.1) is 0 Å². The maximum atomic E-state index is 13.7. The van der Waals surface area contributed by atoms with Crippen LogP contribution in [0.25, 0.3) is 0 Å².